The number of anilines is 1. The second-order valence-electron chi connectivity index (χ2n) is 6.26. The summed E-state index contributed by atoms with van der Waals surface area (Å²) >= 11 is 0. The fourth-order valence-electron chi connectivity index (χ4n) is 2.94. The number of hydrogen-bond acceptors (Lipinski definition) is 4. The smallest absolute Gasteiger partial charge is 0.335 e. The van der Waals surface area contributed by atoms with Crippen molar-refractivity contribution in [2.75, 3.05) is 5.01 Å². The summed E-state index contributed by atoms with van der Waals surface area (Å²) in [7, 11) is 0. The summed E-state index contributed by atoms with van der Waals surface area (Å²) in [6.45, 7) is 1.75. The lowest BCUT2D eigenvalue weighted by Crippen LogP contribution is -2.21. The van der Waals surface area contributed by atoms with Crippen LogP contribution in [0.1, 0.15) is 22.8 Å². The van der Waals surface area contributed by atoms with Crippen LogP contribution in [0.25, 0.3) is 11.8 Å². The van der Waals surface area contributed by atoms with Crippen LogP contribution in [0.5, 0.6) is 0 Å². The maximum absolute atomic E-state index is 12.8. The number of benzene rings is 2. The van der Waals surface area contributed by atoms with Gasteiger partial charge in [0.05, 0.1) is 28.2 Å². The van der Waals surface area contributed by atoms with Gasteiger partial charge in [-0.15, -0.1) is 0 Å². The van der Waals surface area contributed by atoms with Crippen molar-refractivity contribution in [1.82, 2.24) is 9.78 Å². The van der Waals surface area contributed by atoms with Gasteiger partial charge in [0.25, 0.3) is 5.91 Å². The lowest BCUT2D eigenvalue weighted by atomic mass is 10.1. The molecule has 7 nitrogen and oxygen atoms in total. The fraction of sp³-hybridized carbons (Fsp3) is 0.0476. The van der Waals surface area contributed by atoms with Crippen molar-refractivity contribution in [3.05, 3.63) is 83.7 Å². The Labute approximate surface area is 160 Å². The average Bonchev–Trinajstić information content (AvgIpc) is 3.33. The highest BCUT2D eigenvalue weighted by Gasteiger charge is 2.29. The van der Waals surface area contributed by atoms with Crippen LogP contribution in [-0.2, 0) is 4.79 Å². The third kappa shape index (κ3) is 3.21. The van der Waals surface area contributed by atoms with Crippen molar-refractivity contribution < 1.29 is 14.7 Å². The minimum Gasteiger partial charge on any atom is -0.478 e. The van der Waals surface area contributed by atoms with Crippen molar-refractivity contribution in [1.29, 1.82) is 0 Å². The van der Waals surface area contributed by atoms with E-state index in [4.69, 9.17) is 5.11 Å². The van der Waals surface area contributed by atoms with Gasteiger partial charge in [0.15, 0.2) is 0 Å². The van der Waals surface area contributed by atoms with Gasteiger partial charge < -0.3 is 5.11 Å². The molecule has 4 rings (SSSR count). The predicted molar refractivity (Wildman–Crippen MR) is 106 cm³/mol. The van der Waals surface area contributed by atoms with Crippen molar-refractivity contribution in [2.24, 2.45) is 5.10 Å². The van der Waals surface area contributed by atoms with E-state index in [-0.39, 0.29) is 11.5 Å². The highest BCUT2D eigenvalue weighted by Crippen LogP contribution is 2.26. The van der Waals surface area contributed by atoms with Crippen molar-refractivity contribution in [2.45, 2.75) is 6.92 Å². The van der Waals surface area contributed by atoms with E-state index in [2.05, 4.69) is 10.2 Å². The molecule has 1 aliphatic rings. The fourth-order valence-corrected chi connectivity index (χ4v) is 2.94. The van der Waals surface area contributed by atoms with E-state index in [1.165, 1.54) is 17.1 Å². The maximum Gasteiger partial charge on any atom is 0.335 e. The van der Waals surface area contributed by atoms with Crippen molar-refractivity contribution in [3.8, 4) is 5.69 Å². The minimum atomic E-state index is -1.05. The number of carboxylic acids is 1. The van der Waals surface area contributed by atoms with Crippen LogP contribution in [0.2, 0.25) is 0 Å². The number of aromatic carboxylic acids is 1. The Morgan fingerprint density at radius 3 is 2.54 bits per heavy atom. The molecule has 0 saturated carbocycles. The SMILES string of the molecule is CC1=NN(c2cccc(C(=O)O)c2)C(=O)/C1=C\c1ccc(-n2cccn2)cc1. The topological polar surface area (TPSA) is 87.8 Å². The highest BCUT2D eigenvalue weighted by atomic mass is 16.4. The zero-order valence-electron chi connectivity index (χ0n) is 15.0. The molecule has 0 atom stereocenters. The van der Waals surface area contributed by atoms with Crippen LogP contribution in [0.4, 0.5) is 5.69 Å². The van der Waals surface area contributed by atoms with E-state index >= 15 is 0 Å². The monoisotopic (exact) mass is 372 g/mol. The molecule has 0 radical (unpaired) electrons. The molecule has 0 aliphatic carbocycles. The van der Waals surface area contributed by atoms with Gasteiger partial charge in [-0.25, -0.2) is 9.48 Å². The van der Waals surface area contributed by atoms with Gasteiger partial charge in [-0.3, -0.25) is 4.79 Å². The number of amides is 1. The van der Waals surface area contributed by atoms with E-state index in [1.54, 1.807) is 36.0 Å². The maximum atomic E-state index is 12.8. The molecule has 0 spiro atoms. The zero-order valence-corrected chi connectivity index (χ0v) is 15.0. The summed E-state index contributed by atoms with van der Waals surface area (Å²) in [6.07, 6.45) is 5.34. The van der Waals surface area contributed by atoms with Crippen molar-refractivity contribution in [3.63, 3.8) is 0 Å². The summed E-state index contributed by atoms with van der Waals surface area (Å²) in [5.74, 6) is -1.35. The van der Waals surface area contributed by atoms with Gasteiger partial charge >= 0.3 is 5.97 Å². The van der Waals surface area contributed by atoms with Crippen LogP contribution in [-0.4, -0.2) is 32.5 Å². The van der Waals surface area contributed by atoms with Crippen LogP contribution in [0.3, 0.4) is 0 Å². The van der Waals surface area contributed by atoms with Gasteiger partial charge in [0, 0.05) is 12.4 Å². The zero-order chi connectivity index (χ0) is 19.7. The molecule has 2 heterocycles. The van der Waals surface area contributed by atoms with E-state index < -0.39 is 5.97 Å². The van der Waals surface area contributed by atoms with Gasteiger partial charge in [-0.05, 0) is 55.0 Å². The summed E-state index contributed by atoms with van der Waals surface area (Å²) < 4.78 is 1.75. The number of rotatable bonds is 4. The normalized spacial score (nSPS) is 15.2. The average molecular weight is 372 g/mol. The standard InChI is InChI=1S/C21H16N4O3/c1-14-19(12-15-6-8-17(9-7-15)24-11-3-10-22-24)20(26)25(23-14)18-5-2-4-16(13-18)21(27)28/h2-13H,1H3,(H,27,28)/b19-12-. The second-order valence-corrected chi connectivity index (χ2v) is 6.26. The first-order valence-electron chi connectivity index (χ1n) is 8.58. The van der Waals surface area contributed by atoms with Crippen LogP contribution in [0, 0.1) is 0 Å². The highest BCUT2D eigenvalue weighted by molar-refractivity contribution is 6.32. The Morgan fingerprint density at radius 2 is 1.86 bits per heavy atom. The Balaban J connectivity index is 1.61. The van der Waals surface area contributed by atoms with E-state index in [9.17, 15) is 9.59 Å². The molecule has 138 valence electrons. The summed E-state index contributed by atoms with van der Waals surface area (Å²) in [5.41, 5.74) is 3.33. The Morgan fingerprint density at radius 1 is 1.07 bits per heavy atom. The first kappa shape index (κ1) is 17.4. The first-order chi connectivity index (χ1) is 13.5. The molecule has 0 bridgehead atoms. The lowest BCUT2D eigenvalue weighted by molar-refractivity contribution is -0.114. The molecule has 3 aromatic rings. The summed E-state index contributed by atoms with van der Waals surface area (Å²) in [6, 6.07) is 15.6. The quantitative estimate of drug-likeness (QED) is 0.711. The molecule has 7 heteroatoms. The number of carbonyl (C=O) groups excluding carboxylic acids is 1. The van der Waals surface area contributed by atoms with Gasteiger partial charge in [-0.1, -0.05) is 18.2 Å². The molecule has 1 aromatic heterocycles. The molecule has 1 amide bonds. The first-order valence-corrected chi connectivity index (χ1v) is 8.58. The number of carbonyl (C=O) groups is 2. The minimum absolute atomic E-state index is 0.102. The third-order valence-corrected chi connectivity index (χ3v) is 4.37. The van der Waals surface area contributed by atoms with E-state index in [0.29, 0.717) is 17.0 Å². The molecule has 28 heavy (non-hydrogen) atoms. The Kier molecular flexibility index (Phi) is 4.33. The number of hydrogen-bond donors (Lipinski definition) is 1. The summed E-state index contributed by atoms with van der Waals surface area (Å²) in [5, 5.41) is 18.9. The molecule has 0 saturated heterocycles. The predicted octanol–water partition coefficient (Wildman–Crippen LogP) is 3.38. The molecule has 1 aliphatic heterocycles. The van der Waals surface area contributed by atoms with Gasteiger partial charge in [0.2, 0.25) is 0 Å². The molecular formula is C21H16N4O3. The summed E-state index contributed by atoms with van der Waals surface area (Å²) in [4.78, 5) is 24.0. The Bertz CT molecular complexity index is 1110. The molecule has 2 aromatic carbocycles. The lowest BCUT2D eigenvalue weighted by Gasteiger charge is -2.12. The van der Waals surface area contributed by atoms with E-state index in [0.717, 1.165) is 11.3 Å². The van der Waals surface area contributed by atoms with Crippen LogP contribution >= 0.6 is 0 Å². The molecule has 0 fully saturated rings. The van der Waals surface area contributed by atoms with Crippen LogP contribution < -0.4 is 5.01 Å². The van der Waals surface area contributed by atoms with Gasteiger partial charge in [0.1, 0.15) is 0 Å². The molecule has 1 N–H and O–H groups in total. The van der Waals surface area contributed by atoms with Crippen molar-refractivity contribution >= 4 is 29.4 Å². The number of carboxylic acid groups (broad SMARTS) is 1. The largest absolute Gasteiger partial charge is 0.478 e. The second kappa shape index (κ2) is 6.96. The number of hydrazone groups is 1. The van der Waals surface area contributed by atoms with Crippen LogP contribution in [0.15, 0.2) is 77.7 Å². The molecular weight excluding hydrogens is 356 g/mol. The number of aromatic nitrogens is 2. The van der Waals surface area contributed by atoms with E-state index in [1.807, 2.05) is 36.5 Å². The van der Waals surface area contributed by atoms with Gasteiger partial charge in [-0.2, -0.15) is 15.2 Å². The molecule has 0 unspecified atom stereocenters. The number of nitrogens with zero attached hydrogens (tertiary/aromatic N) is 4. The third-order valence-electron chi connectivity index (χ3n) is 4.37. The Hall–Kier alpha value is -4.00.